The van der Waals surface area contributed by atoms with Gasteiger partial charge in [-0.3, -0.25) is 9.69 Å². The highest BCUT2D eigenvalue weighted by molar-refractivity contribution is 5.69. The number of carbonyl (C=O) groups is 2. The molecule has 49 heavy (non-hydrogen) atoms. The number of nitrogens with one attached hydrogen (secondary N) is 1. The highest BCUT2D eigenvalue weighted by Crippen LogP contribution is 2.53. The molecule has 0 spiro atoms. The van der Waals surface area contributed by atoms with Gasteiger partial charge in [0, 0.05) is 37.0 Å². The quantitative estimate of drug-likeness (QED) is 0.297. The Balaban J connectivity index is 1.34. The molecule has 0 unspecified atom stereocenters. The fourth-order valence-electron chi connectivity index (χ4n) is 8.80. The number of piperidine rings is 1. The van der Waals surface area contributed by atoms with Gasteiger partial charge >= 0.3 is 12.1 Å². The number of nitrogens with zero attached hydrogens (tertiary/aromatic N) is 4. The lowest BCUT2D eigenvalue weighted by Gasteiger charge is -2.52. The molecule has 3 atom stereocenters. The van der Waals surface area contributed by atoms with Crippen molar-refractivity contribution in [1.82, 2.24) is 15.1 Å². The number of anilines is 1. The molecular weight excluding hydrogens is 635 g/mol. The number of halogens is 3. The number of methoxy groups -OCH3 is 2. The largest absolute Gasteiger partial charge is 0.469 e. The van der Waals surface area contributed by atoms with E-state index in [0.717, 1.165) is 24.8 Å². The third-order valence-corrected chi connectivity index (χ3v) is 11.0. The maximum atomic E-state index is 16.1. The molecule has 2 saturated heterocycles. The summed E-state index contributed by atoms with van der Waals surface area (Å²) in [6.45, 7) is 1.96. The van der Waals surface area contributed by atoms with Crippen molar-refractivity contribution >= 4 is 17.7 Å². The zero-order chi connectivity index (χ0) is 35.3. The van der Waals surface area contributed by atoms with E-state index < -0.39 is 23.0 Å². The van der Waals surface area contributed by atoms with Crippen LogP contribution in [-0.4, -0.2) is 95.1 Å². The molecule has 0 bridgehead atoms. The second-order valence-corrected chi connectivity index (χ2v) is 14.3. The lowest BCUT2D eigenvalue weighted by molar-refractivity contribution is -0.142. The molecule has 0 aromatic heterocycles. The van der Waals surface area contributed by atoms with Crippen LogP contribution in [0.1, 0.15) is 55.2 Å². The lowest BCUT2D eigenvalue weighted by atomic mass is 9.57. The van der Waals surface area contributed by atoms with Gasteiger partial charge < -0.3 is 24.6 Å². The van der Waals surface area contributed by atoms with Gasteiger partial charge in [-0.15, -0.1) is 0 Å². The van der Waals surface area contributed by atoms with E-state index in [1.54, 1.807) is 48.2 Å². The van der Waals surface area contributed by atoms with E-state index in [9.17, 15) is 19.2 Å². The van der Waals surface area contributed by atoms with E-state index in [4.69, 9.17) is 9.47 Å². The summed E-state index contributed by atoms with van der Waals surface area (Å²) in [5, 5.41) is 12.4. The van der Waals surface area contributed by atoms with Crippen molar-refractivity contribution in [3.63, 3.8) is 0 Å². The van der Waals surface area contributed by atoms with Crippen LogP contribution in [0.3, 0.4) is 0 Å². The molecule has 9 nitrogen and oxygen atoms in total. The first-order valence-electron chi connectivity index (χ1n) is 17.1. The fraction of sp³-hybridized carbons (Fsp3) is 0.595. The summed E-state index contributed by atoms with van der Waals surface area (Å²) in [7, 11) is 6.29. The number of amides is 1. The minimum absolute atomic E-state index is 0.00210. The number of likely N-dealkylation sites (tertiary alicyclic amines) is 1. The molecule has 0 radical (unpaired) electrons. The van der Waals surface area contributed by atoms with Crippen LogP contribution in [0.5, 0.6) is 0 Å². The van der Waals surface area contributed by atoms with E-state index >= 15 is 8.78 Å². The smallest absolute Gasteiger partial charge is 0.406 e. The first-order valence-corrected chi connectivity index (χ1v) is 17.1. The molecule has 2 aromatic rings. The Morgan fingerprint density at radius 1 is 1.08 bits per heavy atom. The van der Waals surface area contributed by atoms with Gasteiger partial charge in [0.1, 0.15) is 5.82 Å². The molecule has 5 rings (SSSR count). The van der Waals surface area contributed by atoms with Crippen molar-refractivity contribution in [2.75, 3.05) is 72.5 Å². The van der Waals surface area contributed by atoms with Gasteiger partial charge in [-0.05, 0) is 100 Å². The molecule has 12 heteroatoms. The van der Waals surface area contributed by atoms with Crippen molar-refractivity contribution in [2.24, 2.45) is 17.8 Å². The molecule has 1 aliphatic carbocycles. The number of esters is 1. The molecule has 3 aliphatic rings. The molecule has 1 amide bonds. The van der Waals surface area contributed by atoms with E-state index in [1.807, 2.05) is 6.07 Å². The highest BCUT2D eigenvalue weighted by Gasteiger charge is 2.53. The Labute approximate surface area is 287 Å². The number of hydrogen-bond acceptors (Lipinski definition) is 8. The predicted octanol–water partition coefficient (Wildman–Crippen LogP) is 5.41. The first-order chi connectivity index (χ1) is 23.4. The average Bonchev–Trinajstić information content (AvgIpc) is 3.53. The molecule has 2 aliphatic heterocycles. The molecule has 1 saturated carbocycles. The van der Waals surface area contributed by atoms with E-state index in [-0.39, 0.29) is 74.2 Å². The topological polar surface area (TPSA) is 98.1 Å². The number of benzene rings is 2. The van der Waals surface area contributed by atoms with E-state index in [0.29, 0.717) is 37.2 Å². The molecule has 2 heterocycles. The van der Waals surface area contributed by atoms with E-state index in [1.165, 1.54) is 20.3 Å². The van der Waals surface area contributed by atoms with Crippen molar-refractivity contribution < 1.29 is 32.2 Å². The monoisotopic (exact) mass is 683 g/mol. The van der Waals surface area contributed by atoms with Crippen LogP contribution in [-0.2, 0) is 26.2 Å². The van der Waals surface area contributed by atoms with Gasteiger partial charge in [-0.1, -0.05) is 18.6 Å². The molecule has 1 N–H and O–H groups in total. The summed E-state index contributed by atoms with van der Waals surface area (Å²) in [5.74, 6) is -1.19. The van der Waals surface area contributed by atoms with Crippen LogP contribution in [0.4, 0.5) is 23.7 Å². The average molecular weight is 684 g/mol. The standard InChI is InChI=1S/C37H48F3N5O4/c1-43(2)20-30-26(19-41)11-12-32(34(30)39)45-23-36(40,24-45)22-44-15-13-27(14-16-44)37(21-42-35(47)49-4,28-8-6-9-29(38)18-28)31-10-5-7-25(31)17-33(46)48-3/h6,8-9,11-12,18,25,27,31H,5,7,10,13-17,20-24H2,1-4H3,(H,42,47)/t25-,31+,37+/m1/s1. The Morgan fingerprint density at radius 2 is 1.82 bits per heavy atom. The lowest BCUT2D eigenvalue weighted by Crippen LogP contribution is -2.65. The van der Waals surface area contributed by atoms with Crippen molar-refractivity contribution in [3.05, 3.63) is 64.7 Å². The summed E-state index contributed by atoms with van der Waals surface area (Å²) in [5.41, 5.74) is -0.566. The van der Waals surface area contributed by atoms with Gasteiger partial charge in [-0.25, -0.2) is 18.0 Å². The Bertz CT molecular complexity index is 1540. The number of ether oxygens (including phenoxy) is 2. The second kappa shape index (κ2) is 15.4. The zero-order valence-corrected chi connectivity index (χ0v) is 28.9. The zero-order valence-electron chi connectivity index (χ0n) is 28.9. The van der Waals surface area contributed by atoms with Gasteiger partial charge in [-0.2, -0.15) is 5.26 Å². The van der Waals surface area contributed by atoms with Crippen LogP contribution in [0.15, 0.2) is 36.4 Å². The summed E-state index contributed by atoms with van der Waals surface area (Å²) >= 11 is 0. The number of carbonyl (C=O) groups excluding carboxylic acids is 2. The second-order valence-electron chi connectivity index (χ2n) is 14.3. The first kappa shape index (κ1) is 36.5. The maximum absolute atomic E-state index is 16.1. The van der Waals surface area contributed by atoms with Gasteiger partial charge in [0.2, 0.25) is 0 Å². The number of hydrogen-bond donors (Lipinski definition) is 1. The van der Waals surface area contributed by atoms with Gasteiger partial charge in [0.25, 0.3) is 0 Å². The number of alkyl halides is 1. The van der Waals surface area contributed by atoms with Crippen LogP contribution in [0, 0.1) is 40.7 Å². The van der Waals surface area contributed by atoms with Crippen molar-refractivity contribution in [3.8, 4) is 6.07 Å². The highest BCUT2D eigenvalue weighted by atomic mass is 19.1. The molecule has 3 fully saturated rings. The van der Waals surface area contributed by atoms with Crippen LogP contribution < -0.4 is 10.2 Å². The van der Waals surface area contributed by atoms with Gasteiger partial charge in [0.15, 0.2) is 11.5 Å². The third-order valence-electron chi connectivity index (χ3n) is 11.0. The Morgan fingerprint density at radius 3 is 2.45 bits per heavy atom. The summed E-state index contributed by atoms with van der Waals surface area (Å²) in [6.07, 6.45) is 3.56. The number of rotatable bonds is 12. The minimum Gasteiger partial charge on any atom is -0.469 e. The molecule has 266 valence electrons. The summed E-state index contributed by atoms with van der Waals surface area (Å²) < 4.78 is 56.5. The normalized spacial score (nSPS) is 22.2. The maximum Gasteiger partial charge on any atom is 0.406 e. The Kier molecular flexibility index (Phi) is 11.4. The number of nitriles is 1. The number of alkyl carbamates (subject to hydrolysis) is 1. The van der Waals surface area contributed by atoms with Crippen molar-refractivity contribution in [1.29, 1.82) is 5.26 Å². The van der Waals surface area contributed by atoms with Crippen LogP contribution >= 0.6 is 0 Å². The predicted molar refractivity (Wildman–Crippen MR) is 180 cm³/mol. The Hall–Kier alpha value is -3.82. The van der Waals surface area contributed by atoms with E-state index in [2.05, 4.69) is 16.3 Å². The molecule has 2 aromatic carbocycles. The summed E-state index contributed by atoms with van der Waals surface area (Å²) in [6, 6.07) is 11.8. The van der Waals surface area contributed by atoms with Crippen molar-refractivity contribution in [2.45, 2.75) is 56.2 Å². The SMILES string of the molecule is COC(=O)C[C@H]1CCC[C@@H]1[C@](CNC(=O)OC)(c1cccc(F)c1)C1CCN(CC2(F)CN(c3ccc(C#N)c(CN(C)C)c3F)C2)CC1. The third kappa shape index (κ3) is 7.83. The summed E-state index contributed by atoms with van der Waals surface area (Å²) in [4.78, 5) is 30.6. The van der Waals surface area contributed by atoms with Crippen LogP contribution in [0.25, 0.3) is 0 Å². The van der Waals surface area contributed by atoms with Crippen LogP contribution in [0.2, 0.25) is 0 Å². The molecular formula is C37H48F3N5O4. The minimum atomic E-state index is -1.53. The fourth-order valence-corrected chi connectivity index (χ4v) is 8.80. The van der Waals surface area contributed by atoms with Gasteiger partial charge in [0.05, 0.1) is 44.6 Å².